The molecule has 0 unspecified atom stereocenters. The van der Waals surface area contributed by atoms with Gasteiger partial charge in [0.1, 0.15) is 0 Å². The van der Waals surface area contributed by atoms with Crippen LogP contribution in [0.5, 0.6) is 0 Å². The van der Waals surface area contributed by atoms with Crippen LogP contribution in [0.4, 0.5) is 0 Å². The van der Waals surface area contributed by atoms with Gasteiger partial charge in [0.2, 0.25) is 0 Å². The second-order valence-electron chi connectivity index (χ2n) is 13.8. The summed E-state index contributed by atoms with van der Waals surface area (Å²) in [5.74, 6) is 2.25. The number of hydrogen-bond acceptors (Lipinski definition) is 3. The number of ether oxygens (including phenoxy) is 1. The molecule has 3 nitrogen and oxygen atoms in total. The molecule has 3 aliphatic carbocycles. The number of allylic oxidation sites excluding steroid dienone is 1. The van der Waals surface area contributed by atoms with Crippen LogP contribution in [0.15, 0.2) is 54.6 Å². The summed E-state index contributed by atoms with van der Waals surface area (Å²) in [6, 6.07) is 10.3. The molecule has 1 N–H and O–H groups in total. The lowest BCUT2D eigenvalue weighted by molar-refractivity contribution is -0.0996. The van der Waals surface area contributed by atoms with Crippen molar-refractivity contribution in [3.63, 3.8) is 0 Å². The van der Waals surface area contributed by atoms with E-state index in [-0.39, 0.29) is 16.4 Å². The predicted molar refractivity (Wildman–Crippen MR) is 154 cm³/mol. The molecule has 0 spiro atoms. The van der Waals surface area contributed by atoms with Gasteiger partial charge < -0.3 is 14.3 Å². The lowest BCUT2D eigenvalue weighted by atomic mass is 9.51. The highest BCUT2D eigenvalue weighted by Gasteiger charge is 2.55. The first-order chi connectivity index (χ1) is 16.7. The molecule has 0 radical (unpaired) electrons. The van der Waals surface area contributed by atoms with Gasteiger partial charge in [0.05, 0.1) is 18.8 Å². The van der Waals surface area contributed by atoms with Gasteiger partial charge in [0.15, 0.2) is 8.32 Å². The smallest absolute Gasteiger partial charge is 0.191 e. The van der Waals surface area contributed by atoms with Gasteiger partial charge in [-0.05, 0) is 66.1 Å². The zero-order chi connectivity index (χ0) is 26.8. The number of hydrogen-bond donors (Lipinski definition) is 1. The highest BCUT2D eigenvalue weighted by molar-refractivity contribution is 6.74. The van der Waals surface area contributed by atoms with Crippen LogP contribution >= 0.6 is 0 Å². The predicted octanol–water partition coefficient (Wildman–Crippen LogP) is 8.02. The van der Waals surface area contributed by atoms with Crippen molar-refractivity contribution in [1.82, 2.24) is 0 Å². The Bertz CT molecular complexity index is 900. The maximum atomic E-state index is 11.9. The molecule has 3 aliphatic rings. The molecule has 1 fully saturated rings. The summed E-state index contributed by atoms with van der Waals surface area (Å²) in [6.45, 7) is 22.9. The highest BCUT2D eigenvalue weighted by Crippen LogP contribution is 2.57. The van der Waals surface area contributed by atoms with Gasteiger partial charge in [-0.15, -0.1) is 0 Å². The minimum atomic E-state index is -1.79. The first-order valence-electron chi connectivity index (χ1n) is 14.0. The molecule has 1 aromatic rings. The Balaban J connectivity index is 1.63. The molecule has 0 aromatic heterocycles. The van der Waals surface area contributed by atoms with Crippen molar-refractivity contribution in [3.8, 4) is 0 Å². The molecule has 6 atom stereocenters. The molecule has 0 amide bonds. The molecule has 4 rings (SSSR count). The highest BCUT2D eigenvalue weighted by atomic mass is 28.4. The van der Waals surface area contributed by atoms with Crippen molar-refractivity contribution in [1.29, 1.82) is 0 Å². The van der Waals surface area contributed by atoms with Crippen molar-refractivity contribution in [3.05, 3.63) is 60.2 Å². The van der Waals surface area contributed by atoms with Gasteiger partial charge in [-0.3, -0.25) is 0 Å². The summed E-state index contributed by atoms with van der Waals surface area (Å²) in [4.78, 5) is 0. The van der Waals surface area contributed by atoms with Crippen molar-refractivity contribution < 1.29 is 14.3 Å². The molecule has 1 saturated carbocycles. The number of rotatable bonds is 11. The summed E-state index contributed by atoms with van der Waals surface area (Å²) in [5, 5.41) is 12.1. The second kappa shape index (κ2) is 11.3. The molecule has 202 valence electrons. The summed E-state index contributed by atoms with van der Waals surface area (Å²) < 4.78 is 12.7. The summed E-state index contributed by atoms with van der Waals surface area (Å²) in [6.07, 6.45) is 10.8. The fourth-order valence-electron chi connectivity index (χ4n) is 5.70. The Morgan fingerprint density at radius 1 is 1.08 bits per heavy atom. The van der Waals surface area contributed by atoms with Crippen LogP contribution in [0.25, 0.3) is 0 Å². The van der Waals surface area contributed by atoms with Crippen molar-refractivity contribution in [2.24, 2.45) is 35.0 Å². The van der Waals surface area contributed by atoms with Crippen LogP contribution in [0, 0.1) is 35.0 Å². The van der Waals surface area contributed by atoms with E-state index in [0.717, 1.165) is 19.4 Å². The third-order valence-corrected chi connectivity index (χ3v) is 14.0. The molecule has 1 aromatic carbocycles. The van der Waals surface area contributed by atoms with E-state index in [4.69, 9.17) is 9.16 Å². The van der Waals surface area contributed by atoms with Crippen LogP contribution in [-0.2, 0) is 15.8 Å². The van der Waals surface area contributed by atoms with E-state index < -0.39 is 13.9 Å². The van der Waals surface area contributed by atoms with E-state index in [9.17, 15) is 5.11 Å². The number of fused-ring (bicyclic) bond motifs is 2. The Labute approximate surface area is 222 Å². The van der Waals surface area contributed by atoms with Crippen molar-refractivity contribution in [2.75, 3.05) is 13.2 Å². The Morgan fingerprint density at radius 2 is 1.75 bits per heavy atom. The summed E-state index contributed by atoms with van der Waals surface area (Å²) in [7, 11) is -1.79. The van der Waals surface area contributed by atoms with Crippen molar-refractivity contribution in [2.45, 2.75) is 91.6 Å². The molecule has 0 aliphatic heterocycles. The second-order valence-corrected chi connectivity index (χ2v) is 18.6. The summed E-state index contributed by atoms with van der Waals surface area (Å²) >= 11 is 0. The Kier molecular flexibility index (Phi) is 9.19. The number of benzene rings is 1. The lowest BCUT2D eigenvalue weighted by Gasteiger charge is -2.57. The topological polar surface area (TPSA) is 38.7 Å². The van der Waals surface area contributed by atoms with Gasteiger partial charge in [-0.25, -0.2) is 0 Å². The van der Waals surface area contributed by atoms with Crippen LogP contribution < -0.4 is 0 Å². The van der Waals surface area contributed by atoms with E-state index in [1.165, 1.54) is 5.56 Å². The minimum Gasteiger partial charge on any atom is -0.417 e. The van der Waals surface area contributed by atoms with Gasteiger partial charge >= 0.3 is 0 Å². The average Bonchev–Trinajstić information content (AvgIpc) is 2.79. The van der Waals surface area contributed by atoms with Crippen LogP contribution in [-0.4, -0.2) is 32.2 Å². The molecule has 36 heavy (non-hydrogen) atoms. The van der Waals surface area contributed by atoms with Gasteiger partial charge in [-0.1, -0.05) is 103 Å². The SMILES string of the molecule is CC(C)[C@@H](CO[Si](C)(C)C(C)(C)C)[C@@H]1C[C@@]2(C)C=C[C@@H]1C[C@@]2(O)/C=C/[C@H](C)COCc1ccccc1. The fraction of sp³-hybridized carbons (Fsp3) is 0.688. The molecular weight excluding hydrogens is 460 g/mol. The molecule has 0 saturated heterocycles. The molecular formula is C32H52O3Si. The fourth-order valence-corrected chi connectivity index (χ4v) is 6.74. The monoisotopic (exact) mass is 512 g/mol. The summed E-state index contributed by atoms with van der Waals surface area (Å²) in [5.41, 5.74) is 0.133. The van der Waals surface area contributed by atoms with Gasteiger partial charge in [-0.2, -0.15) is 0 Å². The average molecular weight is 513 g/mol. The van der Waals surface area contributed by atoms with E-state index >= 15 is 0 Å². The van der Waals surface area contributed by atoms with E-state index in [2.05, 4.69) is 98.0 Å². The van der Waals surface area contributed by atoms with E-state index in [1.807, 2.05) is 18.2 Å². The zero-order valence-corrected chi connectivity index (χ0v) is 25.4. The van der Waals surface area contributed by atoms with Crippen molar-refractivity contribution >= 4 is 8.32 Å². The lowest BCUT2D eigenvalue weighted by Crippen LogP contribution is -2.56. The van der Waals surface area contributed by atoms with Gasteiger partial charge in [0.25, 0.3) is 0 Å². The van der Waals surface area contributed by atoms with E-state index in [0.29, 0.717) is 36.9 Å². The molecule has 4 heteroatoms. The normalized spacial score (nSPS) is 30.3. The Hall–Kier alpha value is -1.20. The third-order valence-electron chi connectivity index (χ3n) is 9.50. The van der Waals surface area contributed by atoms with Crippen LogP contribution in [0.3, 0.4) is 0 Å². The van der Waals surface area contributed by atoms with Crippen LogP contribution in [0.2, 0.25) is 18.1 Å². The molecule has 2 bridgehead atoms. The maximum absolute atomic E-state index is 11.9. The Morgan fingerprint density at radius 3 is 2.33 bits per heavy atom. The first-order valence-corrected chi connectivity index (χ1v) is 16.9. The maximum Gasteiger partial charge on any atom is 0.191 e. The third kappa shape index (κ3) is 6.62. The molecule has 0 heterocycles. The largest absolute Gasteiger partial charge is 0.417 e. The van der Waals surface area contributed by atoms with Gasteiger partial charge in [0, 0.05) is 12.0 Å². The van der Waals surface area contributed by atoms with E-state index in [1.54, 1.807) is 0 Å². The first kappa shape index (κ1) is 29.4. The minimum absolute atomic E-state index is 0.221. The standard InChI is InChI=1S/C32H52O3Si/c1-24(2)29(23-35-36(8,9)30(4,5)6)28-20-31(7)17-16-27(28)19-32(31,33)18-15-25(3)21-34-22-26-13-11-10-12-14-26/h10-18,24-25,27-29,33H,19-23H2,1-9H3/b18-15+/t25-,27+,28+,29+,31+,32-/m0/s1. The quantitative estimate of drug-likeness (QED) is 0.241. The van der Waals surface area contributed by atoms with Crippen LogP contribution in [0.1, 0.15) is 66.9 Å². The zero-order valence-electron chi connectivity index (χ0n) is 24.4. The number of aliphatic hydroxyl groups is 1.